The van der Waals surface area contributed by atoms with Gasteiger partial charge in [0.15, 0.2) is 0 Å². The van der Waals surface area contributed by atoms with Crippen molar-refractivity contribution in [3.05, 3.63) is 182 Å². The SMILES string of the molecule is N[PH](c1ccccc1)(c1ccccc1)c1ccccc1.c1ccc(P(c2ccccc2)c2ccccc2)cc1. The molecule has 0 aliphatic heterocycles. The molecule has 0 heterocycles. The Balaban J connectivity index is 0.000000158. The summed E-state index contributed by atoms with van der Waals surface area (Å²) in [6.45, 7) is 0. The van der Waals surface area contributed by atoms with Crippen molar-refractivity contribution in [1.29, 1.82) is 0 Å². The molecule has 0 fully saturated rings. The van der Waals surface area contributed by atoms with Crippen LogP contribution >= 0.6 is 15.3 Å². The van der Waals surface area contributed by atoms with Gasteiger partial charge in [0.2, 0.25) is 0 Å². The van der Waals surface area contributed by atoms with Gasteiger partial charge < -0.3 is 0 Å². The van der Waals surface area contributed by atoms with E-state index in [9.17, 15) is 0 Å². The van der Waals surface area contributed by atoms with Crippen LogP contribution in [0.2, 0.25) is 0 Å². The largest absolute Gasteiger partial charge is 0.0622 e. The first-order valence-corrected chi connectivity index (χ1v) is 16.6. The molecule has 192 valence electrons. The van der Waals surface area contributed by atoms with E-state index in [1.165, 1.54) is 31.8 Å². The molecule has 0 atom stereocenters. The van der Waals surface area contributed by atoms with Gasteiger partial charge in [0.25, 0.3) is 0 Å². The molecule has 3 heteroatoms. The quantitative estimate of drug-likeness (QED) is 0.256. The summed E-state index contributed by atoms with van der Waals surface area (Å²) in [6.07, 6.45) is 0. The molecule has 6 aromatic rings. The first kappa shape index (κ1) is 26.7. The van der Waals surface area contributed by atoms with Crippen LogP contribution in [0.25, 0.3) is 0 Å². The predicted octanol–water partition coefficient (Wildman–Crippen LogP) is 6.03. The predicted molar refractivity (Wildman–Crippen MR) is 176 cm³/mol. The average Bonchev–Trinajstić information content (AvgIpc) is 3.04. The van der Waals surface area contributed by atoms with Crippen molar-refractivity contribution >= 4 is 47.2 Å². The zero-order chi connectivity index (χ0) is 26.8. The van der Waals surface area contributed by atoms with Crippen LogP contribution in [0.15, 0.2) is 182 Å². The van der Waals surface area contributed by atoms with E-state index < -0.39 is 15.3 Å². The van der Waals surface area contributed by atoms with E-state index in [1.807, 2.05) is 18.2 Å². The van der Waals surface area contributed by atoms with E-state index in [1.54, 1.807) is 0 Å². The summed E-state index contributed by atoms with van der Waals surface area (Å²) in [6, 6.07) is 63.7. The van der Waals surface area contributed by atoms with Gasteiger partial charge in [-0.3, -0.25) is 0 Å². The molecule has 39 heavy (non-hydrogen) atoms. The molecule has 0 spiro atoms. The molecule has 0 aliphatic carbocycles. The Hall–Kier alpha value is -3.86. The van der Waals surface area contributed by atoms with Crippen LogP contribution in [0.1, 0.15) is 0 Å². The van der Waals surface area contributed by atoms with Crippen molar-refractivity contribution in [2.45, 2.75) is 0 Å². The number of hydrogen-bond acceptors (Lipinski definition) is 1. The topological polar surface area (TPSA) is 26.0 Å². The summed E-state index contributed by atoms with van der Waals surface area (Å²) in [5, 5.41) is 7.90. The summed E-state index contributed by atoms with van der Waals surface area (Å²) in [7, 11) is -2.82. The van der Waals surface area contributed by atoms with E-state index in [2.05, 4.69) is 164 Å². The van der Waals surface area contributed by atoms with Crippen LogP contribution in [-0.2, 0) is 0 Å². The summed E-state index contributed by atoms with van der Waals surface area (Å²) in [4.78, 5) is 0. The van der Waals surface area contributed by atoms with Crippen molar-refractivity contribution in [2.75, 3.05) is 0 Å². The van der Waals surface area contributed by atoms with Gasteiger partial charge in [-0.25, -0.2) is 0 Å². The third-order valence-corrected chi connectivity index (χ3v) is 12.9. The second kappa shape index (κ2) is 13.3. The minimum Gasteiger partial charge on any atom is -0.0622 e. The van der Waals surface area contributed by atoms with Gasteiger partial charge in [-0.15, -0.1) is 0 Å². The Morgan fingerprint density at radius 1 is 0.308 bits per heavy atom. The van der Waals surface area contributed by atoms with Gasteiger partial charge in [-0.1, -0.05) is 91.0 Å². The molecule has 0 amide bonds. The fourth-order valence-electron chi connectivity index (χ4n) is 4.78. The molecule has 6 aromatic carbocycles. The number of hydrogen-bond donors (Lipinski definition) is 1. The fraction of sp³-hybridized carbons (Fsp3) is 0. The van der Waals surface area contributed by atoms with Crippen molar-refractivity contribution < 1.29 is 0 Å². The van der Waals surface area contributed by atoms with E-state index in [0.717, 1.165) is 0 Å². The fourth-order valence-corrected chi connectivity index (χ4v) is 10.2. The summed E-state index contributed by atoms with van der Waals surface area (Å²) < 4.78 is 0. The van der Waals surface area contributed by atoms with Crippen LogP contribution in [0.3, 0.4) is 0 Å². The number of benzene rings is 6. The minimum atomic E-state index is -2.38. The third-order valence-electron chi connectivity index (χ3n) is 6.73. The second-order valence-electron chi connectivity index (χ2n) is 9.25. The van der Waals surface area contributed by atoms with Crippen LogP contribution in [0.5, 0.6) is 0 Å². The maximum Gasteiger partial charge on any atom is -0.0134 e. The van der Waals surface area contributed by atoms with Crippen LogP contribution < -0.4 is 37.3 Å². The second-order valence-corrected chi connectivity index (χ2v) is 14.8. The summed E-state index contributed by atoms with van der Waals surface area (Å²) >= 11 is 0. The average molecular weight is 542 g/mol. The van der Waals surface area contributed by atoms with Crippen LogP contribution in [0, 0.1) is 0 Å². The van der Waals surface area contributed by atoms with Gasteiger partial charge >= 0.3 is 120 Å². The molecule has 0 aliphatic rings. The van der Waals surface area contributed by atoms with Crippen molar-refractivity contribution in [3.63, 3.8) is 0 Å². The molecule has 0 bridgehead atoms. The Kier molecular flexibility index (Phi) is 9.10. The van der Waals surface area contributed by atoms with Gasteiger partial charge in [-0.2, -0.15) is 0 Å². The van der Waals surface area contributed by atoms with Crippen molar-refractivity contribution in [2.24, 2.45) is 5.50 Å². The van der Waals surface area contributed by atoms with E-state index in [0.29, 0.717) is 0 Å². The zero-order valence-corrected chi connectivity index (χ0v) is 23.7. The Labute approximate surface area is 234 Å². The molecule has 2 N–H and O–H groups in total. The molecule has 0 saturated heterocycles. The van der Waals surface area contributed by atoms with Crippen LogP contribution in [-0.4, -0.2) is 0 Å². The standard InChI is InChI=1S/C18H18NP.C18H15P/c19-20(16-10-4-1-5-11-16,17-12-6-2-7-13-17)18-14-8-3-9-15-18;1-4-10-16(11-5-1)19(17-12-6-2-7-13-17)18-14-8-3-9-15-18/h1-15,20H,19H2;1-15H. The van der Waals surface area contributed by atoms with Crippen molar-refractivity contribution in [3.8, 4) is 0 Å². The normalized spacial score (nSPS) is 11.3. The van der Waals surface area contributed by atoms with E-state index in [-0.39, 0.29) is 0 Å². The van der Waals surface area contributed by atoms with Crippen molar-refractivity contribution in [1.82, 2.24) is 0 Å². The van der Waals surface area contributed by atoms with Gasteiger partial charge in [-0.05, 0) is 23.8 Å². The zero-order valence-electron chi connectivity index (χ0n) is 21.8. The third kappa shape index (κ3) is 6.42. The minimum absolute atomic E-state index is 0.446. The first-order valence-electron chi connectivity index (χ1n) is 13.2. The first-order chi connectivity index (χ1) is 19.3. The van der Waals surface area contributed by atoms with E-state index >= 15 is 0 Å². The molecule has 0 unspecified atom stereocenters. The van der Waals surface area contributed by atoms with Gasteiger partial charge in [0.05, 0.1) is 0 Å². The smallest absolute Gasteiger partial charge is 0.0134 e. The summed E-state index contributed by atoms with van der Waals surface area (Å²) in [5.41, 5.74) is 7.00. The molecular weight excluding hydrogens is 508 g/mol. The van der Waals surface area contributed by atoms with E-state index in [4.69, 9.17) is 5.50 Å². The Bertz CT molecular complexity index is 1340. The Morgan fingerprint density at radius 2 is 0.513 bits per heavy atom. The van der Waals surface area contributed by atoms with Gasteiger partial charge in [0, 0.05) is 0 Å². The summed E-state index contributed by atoms with van der Waals surface area (Å²) in [5.74, 6) is 0. The molecule has 0 radical (unpaired) electrons. The number of nitrogens with two attached hydrogens (primary N) is 1. The maximum absolute atomic E-state index is 7.00. The Morgan fingerprint density at radius 3 is 0.744 bits per heavy atom. The molecule has 0 aromatic heterocycles. The van der Waals surface area contributed by atoms with Gasteiger partial charge in [0.1, 0.15) is 0 Å². The van der Waals surface area contributed by atoms with Crippen LogP contribution in [0.4, 0.5) is 0 Å². The molecular formula is C36H33NP2. The molecule has 6 rings (SSSR count). The number of rotatable bonds is 6. The molecule has 0 saturated carbocycles. The molecule has 1 nitrogen and oxygen atoms in total. The monoisotopic (exact) mass is 541 g/mol. The maximum atomic E-state index is 7.00.